The second-order valence-corrected chi connectivity index (χ2v) is 6.63. The van der Waals surface area contributed by atoms with Crippen LogP contribution in [-0.2, 0) is 4.79 Å². The molecule has 0 fully saturated rings. The minimum atomic E-state index is -0.0639. The van der Waals surface area contributed by atoms with Gasteiger partial charge >= 0.3 is 0 Å². The molecule has 0 aliphatic rings. The second kappa shape index (κ2) is 7.46. The van der Waals surface area contributed by atoms with Crippen LogP contribution in [0.15, 0.2) is 24.3 Å². The fourth-order valence-electron chi connectivity index (χ4n) is 1.85. The first-order valence-corrected chi connectivity index (χ1v) is 7.48. The lowest BCUT2D eigenvalue weighted by Gasteiger charge is -2.21. The summed E-state index contributed by atoms with van der Waals surface area (Å²) in [6, 6.07) is 7.80. The zero-order valence-electron chi connectivity index (χ0n) is 14.0. The Labute approximate surface area is 128 Å². The molecule has 0 radical (unpaired) electrons. The van der Waals surface area contributed by atoms with Gasteiger partial charge in [0.25, 0.3) is 0 Å². The predicted octanol–water partition coefficient (Wildman–Crippen LogP) is 3.04. The number of benzene rings is 1. The van der Waals surface area contributed by atoms with Gasteiger partial charge in [0.1, 0.15) is 5.75 Å². The second-order valence-electron chi connectivity index (χ2n) is 6.63. The molecule has 2 N–H and O–H groups in total. The average molecular weight is 292 g/mol. The molecule has 0 saturated heterocycles. The quantitative estimate of drug-likeness (QED) is 0.847. The van der Waals surface area contributed by atoms with Crippen LogP contribution in [0.4, 0.5) is 0 Å². The molecule has 0 aliphatic heterocycles. The van der Waals surface area contributed by atoms with Crippen LogP contribution in [-0.4, -0.2) is 24.1 Å². The number of nitrogens with one attached hydrogen (secondary N) is 2. The molecule has 4 heteroatoms. The van der Waals surface area contributed by atoms with Gasteiger partial charge in [-0.25, -0.2) is 0 Å². The molecule has 0 aliphatic carbocycles. The van der Waals surface area contributed by atoms with E-state index in [1.54, 1.807) is 0 Å². The van der Waals surface area contributed by atoms with E-state index in [0.717, 1.165) is 11.3 Å². The maximum atomic E-state index is 11.9. The van der Waals surface area contributed by atoms with Gasteiger partial charge in [-0.05, 0) is 59.2 Å². The Morgan fingerprint density at radius 2 is 1.90 bits per heavy atom. The SMILES string of the molecule is CC(C)Oc1cccc(C(C)NC(=O)CNC(C)(C)C)c1. The first kappa shape index (κ1) is 17.5. The molecule has 1 rings (SSSR count). The van der Waals surface area contributed by atoms with E-state index in [4.69, 9.17) is 4.74 Å². The number of carbonyl (C=O) groups is 1. The summed E-state index contributed by atoms with van der Waals surface area (Å²) < 4.78 is 5.68. The van der Waals surface area contributed by atoms with E-state index in [1.165, 1.54) is 0 Å². The van der Waals surface area contributed by atoms with Gasteiger partial charge in [-0.3, -0.25) is 4.79 Å². The van der Waals surface area contributed by atoms with Crippen molar-refractivity contribution in [2.24, 2.45) is 0 Å². The summed E-state index contributed by atoms with van der Waals surface area (Å²) >= 11 is 0. The van der Waals surface area contributed by atoms with Crippen molar-refractivity contribution in [1.82, 2.24) is 10.6 Å². The lowest BCUT2D eigenvalue weighted by Crippen LogP contribution is -2.43. The normalized spacial score (nSPS) is 13.1. The molecule has 1 aromatic rings. The highest BCUT2D eigenvalue weighted by Crippen LogP contribution is 2.20. The van der Waals surface area contributed by atoms with Crippen LogP contribution < -0.4 is 15.4 Å². The van der Waals surface area contributed by atoms with Gasteiger partial charge in [0.2, 0.25) is 5.91 Å². The Kier molecular flexibility index (Phi) is 6.21. The van der Waals surface area contributed by atoms with Crippen molar-refractivity contribution < 1.29 is 9.53 Å². The Hall–Kier alpha value is -1.55. The first-order valence-electron chi connectivity index (χ1n) is 7.48. The molecule has 1 unspecified atom stereocenters. The molecule has 0 saturated carbocycles. The van der Waals surface area contributed by atoms with Crippen LogP contribution in [0.5, 0.6) is 5.75 Å². The lowest BCUT2D eigenvalue weighted by atomic mass is 10.1. The fourth-order valence-corrected chi connectivity index (χ4v) is 1.85. The summed E-state index contributed by atoms with van der Waals surface area (Å²) in [4.78, 5) is 11.9. The van der Waals surface area contributed by atoms with E-state index in [-0.39, 0.29) is 23.6 Å². The standard InChI is InChI=1S/C17H28N2O2/c1-12(2)21-15-9-7-8-14(10-15)13(3)19-16(20)11-18-17(4,5)6/h7-10,12-13,18H,11H2,1-6H3,(H,19,20). The smallest absolute Gasteiger partial charge is 0.234 e. The van der Waals surface area contributed by atoms with Crippen LogP contribution in [0, 0.1) is 0 Å². The number of rotatable bonds is 6. The zero-order chi connectivity index (χ0) is 16.0. The van der Waals surface area contributed by atoms with E-state index in [1.807, 2.05) is 65.8 Å². The van der Waals surface area contributed by atoms with Gasteiger partial charge in [-0.2, -0.15) is 0 Å². The summed E-state index contributed by atoms with van der Waals surface area (Å²) in [6.07, 6.45) is 0.140. The molecule has 1 aromatic carbocycles. The van der Waals surface area contributed by atoms with Crippen molar-refractivity contribution in [3.63, 3.8) is 0 Å². The summed E-state index contributed by atoms with van der Waals surface area (Å²) in [7, 11) is 0. The van der Waals surface area contributed by atoms with E-state index in [9.17, 15) is 4.79 Å². The first-order chi connectivity index (χ1) is 9.67. The highest BCUT2D eigenvalue weighted by Gasteiger charge is 2.14. The third kappa shape index (κ3) is 7.14. The largest absolute Gasteiger partial charge is 0.491 e. The molecule has 118 valence electrons. The van der Waals surface area contributed by atoms with Gasteiger partial charge in [0, 0.05) is 5.54 Å². The highest BCUT2D eigenvalue weighted by molar-refractivity contribution is 5.78. The van der Waals surface area contributed by atoms with Gasteiger partial charge in [-0.15, -0.1) is 0 Å². The zero-order valence-corrected chi connectivity index (χ0v) is 14.0. The third-order valence-electron chi connectivity index (χ3n) is 2.89. The maximum Gasteiger partial charge on any atom is 0.234 e. The van der Waals surface area contributed by atoms with E-state index in [0.29, 0.717) is 6.54 Å². The molecule has 0 heterocycles. The van der Waals surface area contributed by atoms with E-state index >= 15 is 0 Å². The van der Waals surface area contributed by atoms with Crippen molar-refractivity contribution in [1.29, 1.82) is 0 Å². The van der Waals surface area contributed by atoms with Crippen molar-refractivity contribution in [2.45, 2.75) is 59.2 Å². The Morgan fingerprint density at radius 1 is 1.24 bits per heavy atom. The van der Waals surface area contributed by atoms with E-state index in [2.05, 4.69) is 10.6 Å². The van der Waals surface area contributed by atoms with Gasteiger partial charge < -0.3 is 15.4 Å². The van der Waals surface area contributed by atoms with Crippen molar-refractivity contribution in [3.05, 3.63) is 29.8 Å². The topological polar surface area (TPSA) is 50.4 Å². The molecule has 1 atom stereocenters. The lowest BCUT2D eigenvalue weighted by molar-refractivity contribution is -0.121. The molecular formula is C17H28N2O2. The third-order valence-corrected chi connectivity index (χ3v) is 2.89. The van der Waals surface area contributed by atoms with Crippen LogP contribution in [0.25, 0.3) is 0 Å². The number of carbonyl (C=O) groups excluding carboxylic acids is 1. The van der Waals surface area contributed by atoms with Crippen LogP contribution in [0.3, 0.4) is 0 Å². The van der Waals surface area contributed by atoms with E-state index < -0.39 is 0 Å². The predicted molar refractivity (Wildman–Crippen MR) is 86.5 cm³/mol. The molecule has 4 nitrogen and oxygen atoms in total. The summed E-state index contributed by atoms with van der Waals surface area (Å²) in [6.45, 7) is 12.4. The number of amides is 1. The summed E-state index contributed by atoms with van der Waals surface area (Å²) in [5, 5.41) is 6.17. The minimum Gasteiger partial charge on any atom is -0.491 e. The van der Waals surface area contributed by atoms with Crippen LogP contribution >= 0.6 is 0 Å². The number of hydrogen-bond donors (Lipinski definition) is 2. The summed E-state index contributed by atoms with van der Waals surface area (Å²) in [5.74, 6) is 0.823. The van der Waals surface area contributed by atoms with Crippen LogP contribution in [0.2, 0.25) is 0 Å². The maximum absolute atomic E-state index is 11.9. The summed E-state index contributed by atoms with van der Waals surface area (Å²) in [5.41, 5.74) is 0.975. The van der Waals surface area contributed by atoms with Crippen molar-refractivity contribution in [3.8, 4) is 5.75 Å². The van der Waals surface area contributed by atoms with Gasteiger partial charge in [0.05, 0.1) is 18.7 Å². The molecule has 0 spiro atoms. The van der Waals surface area contributed by atoms with Gasteiger partial charge in [0.15, 0.2) is 0 Å². The van der Waals surface area contributed by atoms with Crippen molar-refractivity contribution in [2.75, 3.05) is 6.54 Å². The Balaban J connectivity index is 2.58. The molecule has 0 bridgehead atoms. The molecular weight excluding hydrogens is 264 g/mol. The average Bonchev–Trinajstić information content (AvgIpc) is 2.35. The number of hydrogen-bond acceptors (Lipinski definition) is 3. The fraction of sp³-hybridized carbons (Fsp3) is 0.588. The molecule has 21 heavy (non-hydrogen) atoms. The van der Waals surface area contributed by atoms with Crippen LogP contribution in [0.1, 0.15) is 53.1 Å². The van der Waals surface area contributed by atoms with Gasteiger partial charge in [-0.1, -0.05) is 12.1 Å². The van der Waals surface area contributed by atoms with Crippen molar-refractivity contribution >= 4 is 5.91 Å². The monoisotopic (exact) mass is 292 g/mol. The Morgan fingerprint density at radius 3 is 2.48 bits per heavy atom. The number of ether oxygens (including phenoxy) is 1. The molecule has 0 aromatic heterocycles. The minimum absolute atomic E-state index is 0.00685. The highest BCUT2D eigenvalue weighted by atomic mass is 16.5. The molecule has 1 amide bonds. The Bertz CT molecular complexity index is 464.